The molecule has 8 heteroatoms. The molecule has 222 valence electrons. The van der Waals surface area contributed by atoms with Gasteiger partial charge in [0.15, 0.2) is 11.6 Å². The van der Waals surface area contributed by atoms with Gasteiger partial charge < -0.3 is 20.1 Å². The zero-order chi connectivity index (χ0) is 30.4. The Hall–Kier alpha value is -2.16. The molecule has 4 aliphatic carbocycles. The summed E-state index contributed by atoms with van der Waals surface area (Å²) in [6.45, 7) is 15.4. The van der Waals surface area contributed by atoms with Crippen molar-refractivity contribution in [1.29, 1.82) is 0 Å². The Morgan fingerprint density at radius 2 is 1.65 bits per heavy atom. The molecule has 0 aromatic heterocycles. The number of allylic oxidation sites excluding steroid dienone is 2. The molecule has 4 aliphatic rings. The van der Waals surface area contributed by atoms with Gasteiger partial charge in [0.2, 0.25) is 0 Å². The highest BCUT2D eigenvalue weighted by Crippen LogP contribution is 2.74. The Bertz CT molecular complexity index is 1210. The first-order valence-electron chi connectivity index (χ1n) is 14.4. The molecule has 0 aromatic carbocycles. The van der Waals surface area contributed by atoms with Crippen LogP contribution in [0.1, 0.15) is 88.0 Å². The Balaban J connectivity index is 1.75. The number of ether oxygens (including phenoxy) is 1. The van der Waals surface area contributed by atoms with Crippen LogP contribution in [0, 0.1) is 39.4 Å². The largest absolute Gasteiger partial charge is 0.456 e. The summed E-state index contributed by atoms with van der Waals surface area (Å²) in [5.74, 6) is -2.85. The van der Waals surface area contributed by atoms with E-state index in [1.54, 1.807) is 13.8 Å². The first-order valence-corrected chi connectivity index (χ1v) is 14.4. The van der Waals surface area contributed by atoms with E-state index in [0.717, 1.165) is 5.57 Å². The number of Topliss-reactive ketones (excluding diaryl/α,β-unsaturated/α-hetero) is 2. The van der Waals surface area contributed by atoms with Crippen LogP contribution < -0.4 is 0 Å². The Morgan fingerprint density at radius 3 is 2.23 bits per heavy atom. The molecule has 4 rings (SSSR count). The normalized spacial score (nSPS) is 42.4. The van der Waals surface area contributed by atoms with Gasteiger partial charge in [0.05, 0.1) is 6.10 Å². The fourth-order valence-electron chi connectivity index (χ4n) is 9.40. The quantitative estimate of drug-likeness (QED) is 0.265. The molecule has 3 saturated carbocycles. The van der Waals surface area contributed by atoms with E-state index < -0.39 is 62.7 Å². The number of hydrogen-bond donors (Lipinski definition) is 3. The van der Waals surface area contributed by atoms with E-state index in [2.05, 4.69) is 13.0 Å². The van der Waals surface area contributed by atoms with Crippen molar-refractivity contribution >= 4 is 23.3 Å². The van der Waals surface area contributed by atoms with E-state index in [1.165, 1.54) is 26.0 Å². The number of aliphatic hydroxyl groups excluding tert-OH is 2. The van der Waals surface area contributed by atoms with Crippen molar-refractivity contribution in [3.8, 4) is 0 Å². The third-order valence-electron chi connectivity index (χ3n) is 11.5. The summed E-state index contributed by atoms with van der Waals surface area (Å²) in [6, 6.07) is 0. The maximum atomic E-state index is 14.3. The van der Waals surface area contributed by atoms with Crippen LogP contribution in [0.15, 0.2) is 23.8 Å². The number of aliphatic hydroxyl groups is 3. The molecule has 0 unspecified atom stereocenters. The minimum atomic E-state index is -1.99. The molecule has 0 aromatic rings. The van der Waals surface area contributed by atoms with E-state index in [4.69, 9.17) is 4.74 Å². The van der Waals surface area contributed by atoms with Gasteiger partial charge in [0.1, 0.15) is 23.1 Å². The minimum absolute atomic E-state index is 0.0284. The van der Waals surface area contributed by atoms with Crippen LogP contribution in [-0.4, -0.2) is 62.0 Å². The molecule has 9 atom stereocenters. The average molecular weight is 559 g/mol. The van der Waals surface area contributed by atoms with Gasteiger partial charge in [-0.25, -0.2) is 0 Å². The fraction of sp³-hybridized carbons (Fsp3) is 0.750. The maximum Gasteiger partial charge on any atom is 0.303 e. The van der Waals surface area contributed by atoms with E-state index in [-0.39, 0.29) is 36.2 Å². The molecule has 0 amide bonds. The van der Waals surface area contributed by atoms with Crippen molar-refractivity contribution in [2.75, 3.05) is 0 Å². The van der Waals surface area contributed by atoms with Crippen LogP contribution in [0.2, 0.25) is 0 Å². The number of hydrogen-bond acceptors (Lipinski definition) is 8. The van der Waals surface area contributed by atoms with E-state index in [0.29, 0.717) is 12.8 Å². The van der Waals surface area contributed by atoms with Crippen molar-refractivity contribution in [2.24, 2.45) is 39.4 Å². The second kappa shape index (κ2) is 9.17. The predicted octanol–water partition coefficient (Wildman–Crippen LogP) is 3.50. The molecule has 0 radical (unpaired) electrons. The molecule has 40 heavy (non-hydrogen) atoms. The summed E-state index contributed by atoms with van der Waals surface area (Å²) >= 11 is 0. The van der Waals surface area contributed by atoms with Crippen LogP contribution >= 0.6 is 0 Å². The summed E-state index contributed by atoms with van der Waals surface area (Å²) < 4.78 is 5.23. The summed E-state index contributed by atoms with van der Waals surface area (Å²) in [5.41, 5.74) is -5.43. The zero-order valence-corrected chi connectivity index (χ0v) is 25.3. The van der Waals surface area contributed by atoms with Gasteiger partial charge in [-0.15, -0.1) is 0 Å². The standard InChI is InChI=1S/C32H46O8/c1-17(33)40-27(2,3)13-12-23(36)32(9,39)25-21(35)15-29(6)22-11-10-18-19(14-20(34)26(38)28(18,4)5)31(22,8)24(37)16-30(25,29)7/h10,12-13,19-22,25,34-35,39H,11,14-16H2,1-9H3/b13-12+/t19-,20+,21+,22+,25+,29+,30-,31+,32+/m1/s1. The molecule has 0 bridgehead atoms. The molecule has 0 aliphatic heterocycles. The zero-order valence-electron chi connectivity index (χ0n) is 25.3. The minimum Gasteiger partial charge on any atom is -0.456 e. The monoisotopic (exact) mass is 558 g/mol. The summed E-state index contributed by atoms with van der Waals surface area (Å²) in [6.07, 6.45) is 3.55. The molecule has 3 N–H and O–H groups in total. The average Bonchev–Trinajstić information content (AvgIpc) is 3.01. The number of esters is 1. The Labute approximate surface area is 237 Å². The second-order valence-corrected chi connectivity index (χ2v) is 14.8. The highest BCUT2D eigenvalue weighted by atomic mass is 16.6. The van der Waals surface area contributed by atoms with Crippen molar-refractivity contribution in [3.63, 3.8) is 0 Å². The van der Waals surface area contributed by atoms with Gasteiger partial charge in [-0.3, -0.25) is 19.2 Å². The SMILES string of the molecule is CC(=O)OC(C)(C)/C=C/C(=O)[C@](C)(O)[C@H]1[C@@H](O)C[C@@]2(C)[C@@H]3CC=C4[C@@H](C[C@H](O)C(=O)C4(C)C)[C@]3(C)C(=O)C[C@]12C. The smallest absolute Gasteiger partial charge is 0.303 e. The van der Waals surface area contributed by atoms with Gasteiger partial charge >= 0.3 is 5.97 Å². The summed E-state index contributed by atoms with van der Waals surface area (Å²) in [5, 5.41) is 34.0. The number of rotatable bonds is 5. The Morgan fingerprint density at radius 1 is 1.05 bits per heavy atom. The van der Waals surface area contributed by atoms with Crippen LogP contribution in [0.25, 0.3) is 0 Å². The number of carbonyl (C=O) groups excluding carboxylic acids is 4. The van der Waals surface area contributed by atoms with E-state index in [9.17, 15) is 34.5 Å². The number of ketones is 3. The first-order chi connectivity index (χ1) is 18.1. The number of carbonyl (C=O) groups is 4. The third-order valence-corrected chi connectivity index (χ3v) is 11.5. The van der Waals surface area contributed by atoms with Gasteiger partial charge in [-0.1, -0.05) is 32.4 Å². The third kappa shape index (κ3) is 4.11. The van der Waals surface area contributed by atoms with E-state index in [1.807, 2.05) is 27.7 Å². The van der Waals surface area contributed by atoms with Gasteiger partial charge in [0.25, 0.3) is 0 Å². The lowest BCUT2D eigenvalue weighted by molar-refractivity contribution is -0.183. The summed E-state index contributed by atoms with van der Waals surface area (Å²) in [4.78, 5) is 52.1. The molecule has 8 nitrogen and oxygen atoms in total. The van der Waals surface area contributed by atoms with Crippen LogP contribution in [0.4, 0.5) is 0 Å². The molecule has 0 saturated heterocycles. The lowest BCUT2D eigenvalue weighted by Crippen LogP contribution is -2.65. The number of fused-ring (bicyclic) bond motifs is 5. The van der Waals surface area contributed by atoms with Crippen LogP contribution in [0.3, 0.4) is 0 Å². The van der Waals surface area contributed by atoms with Crippen LogP contribution in [-0.2, 0) is 23.9 Å². The van der Waals surface area contributed by atoms with Crippen LogP contribution in [0.5, 0.6) is 0 Å². The van der Waals surface area contributed by atoms with Gasteiger partial charge in [-0.2, -0.15) is 0 Å². The lowest BCUT2D eigenvalue weighted by Gasteiger charge is -2.64. The highest BCUT2D eigenvalue weighted by Gasteiger charge is 2.74. The molecular weight excluding hydrogens is 512 g/mol. The van der Waals surface area contributed by atoms with Crippen molar-refractivity contribution < 1.29 is 39.2 Å². The predicted molar refractivity (Wildman–Crippen MR) is 148 cm³/mol. The summed E-state index contributed by atoms with van der Waals surface area (Å²) in [7, 11) is 0. The molecule has 0 spiro atoms. The first kappa shape index (κ1) is 30.8. The molecular formula is C32H46O8. The highest BCUT2D eigenvalue weighted by molar-refractivity contribution is 5.98. The Kier molecular flexibility index (Phi) is 7.06. The lowest BCUT2D eigenvalue weighted by atomic mass is 9.38. The van der Waals surface area contributed by atoms with E-state index >= 15 is 0 Å². The maximum absolute atomic E-state index is 14.3. The van der Waals surface area contributed by atoms with Gasteiger partial charge in [-0.05, 0) is 88.7 Å². The van der Waals surface area contributed by atoms with Crippen molar-refractivity contribution in [2.45, 2.75) is 111 Å². The molecule has 3 fully saturated rings. The second-order valence-electron chi connectivity index (χ2n) is 14.8. The van der Waals surface area contributed by atoms with Gasteiger partial charge in [0, 0.05) is 30.1 Å². The topological polar surface area (TPSA) is 138 Å². The van der Waals surface area contributed by atoms with Crippen molar-refractivity contribution in [3.05, 3.63) is 23.8 Å². The molecule has 0 heterocycles. The van der Waals surface area contributed by atoms with Crippen molar-refractivity contribution in [1.82, 2.24) is 0 Å². The fourth-order valence-corrected chi connectivity index (χ4v) is 9.40.